The fourth-order valence-corrected chi connectivity index (χ4v) is 2.62. The molecule has 0 fully saturated rings. The van der Waals surface area contributed by atoms with Crippen molar-refractivity contribution < 1.29 is 19.1 Å². The number of nitrogens with zero attached hydrogens (tertiary/aromatic N) is 1. The third kappa shape index (κ3) is 2.86. The van der Waals surface area contributed by atoms with Gasteiger partial charge in [0.2, 0.25) is 0 Å². The molecule has 0 N–H and O–H groups in total. The monoisotopic (exact) mass is 325 g/mol. The fourth-order valence-electron chi connectivity index (χ4n) is 2.62. The molecule has 1 aromatic heterocycles. The molecule has 0 amide bonds. The largest absolute Gasteiger partial charge is 0.466 e. The lowest BCUT2D eigenvalue weighted by molar-refractivity contribution is -0.157. The molecule has 3 rings (SSSR count). The van der Waals surface area contributed by atoms with Gasteiger partial charge in [0, 0.05) is 10.8 Å². The van der Waals surface area contributed by atoms with Gasteiger partial charge in [-0.3, -0.25) is 9.59 Å². The Labute approximate surface area is 137 Å². The molecular formula is C18H15NO5. The number of para-hydroxylation sites is 2. The summed E-state index contributed by atoms with van der Waals surface area (Å²) in [6, 6.07) is 14.1. The van der Waals surface area contributed by atoms with Crippen LogP contribution in [-0.2, 0) is 25.6 Å². The minimum Gasteiger partial charge on any atom is -0.466 e. The van der Waals surface area contributed by atoms with Crippen LogP contribution < -0.4 is 5.43 Å². The Bertz CT molecular complexity index is 930. The number of carbonyl (C=O) groups excluding carboxylic acids is 2. The summed E-state index contributed by atoms with van der Waals surface area (Å²) in [6.45, 7) is -0.552. The van der Waals surface area contributed by atoms with Crippen LogP contribution in [0, 0.1) is 0 Å². The van der Waals surface area contributed by atoms with E-state index < -0.39 is 18.5 Å². The van der Waals surface area contributed by atoms with Gasteiger partial charge in [-0.25, -0.2) is 4.79 Å². The number of esters is 2. The van der Waals surface area contributed by atoms with Crippen LogP contribution in [0.3, 0.4) is 0 Å². The first-order chi connectivity index (χ1) is 11.6. The van der Waals surface area contributed by atoms with E-state index in [1.807, 2.05) is 0 Å². The molecule has 2 aromatic carbocycles. The molecule has 0 aliphatic carbocycles. The summed E-state index contributed by atoms with van der Waals surface area (Å²) < 4.78 is 11.1. The molecule has 0 spiro atoms. The zero-order valence-electron chi connectivity index (χ0n) is 13.0. The van der Waals surface area contributed by atoms with Crippen molar-refractivity contribution in [2.75, 3.05) is 13.7 Å². The van der Waals surface area contributed by atoms with Crippen LogP contribution in [0.25, 0.3) is 21.8 Å². The van der Waals surface area contributed by atoms with E-state index in [4.69, 9.17) is 4.74 Å². The van der Waals surface area contributed by atoms with Crippen LogP contribution >= 0.6 is 0 Å². The molecule has 0 unspecified atom stereocenters. The second-order valence-corrected chi connectivity index (χ2v) is 5.19. The van der Waals surface area contributed by atoms with Crippen molar-refractivity contribution in [3.05, 3.63) is 58.8 Å². The van der Waals surface area contributed by atoms with Crippen LogP contribution in [0.5, 0.6) is 0 Å². The minimum absolute atomic E-state index is 0.0830. The third-order valence-electron chi connectivity index (χ3n) is 3.74. The zero-order chi connectivity index (χ0) is 17.1. The Morgan fingerprint density at radius 1 is 0.917 bits per heavy atom. The molecule has 0 saturated heterocycles. The van der Waals surface area contributed by atoms with Crippen LogP contribution in [0.1, 0.15) is 0 Å². The van der Waals surface area contributed by atoms with E-state index in [-0.39, 0.29) is 12.0 Å². The lowest BCUT2D eigenvalue weighted by Crippen LogP contribution is -2.21. The molecule has 1 heterocycles. The quantitative estimate of drug-likeness (QED) is 0.541. The van der Waals surface area contributed by atoms with Gasteiger partial charge >= 0.3 is 11.9 Å². The van der Waals surface area contributed by atoms with Gasteiger partial charge in [-0.15, -0.1) is 0 Å². The SMILES string of the molecule is COC(=O)COC(=O)Cn1c2ccccc2c(=O)c2ccccc21. The van der Waals surface area contributed by atoms with E-state index in [1.165, 1.54) is 7.11 Å². The van der Waals surface area contributed by atoms with E-state index in [0.29, 0.717) is 21.8 Å². The summed E-state index contributed by atoms with van der Waals surface area (Å²) in [7, 11) is 1.22. The first kappa shape index (κ1) is 15.7. The number of ether oxygens (including phenoxy) is 2. The smallest absolute Gasteiger partial charge is 0.344 e. The molecule has 24 heavy (non-hydrogen) atoms. The summed E-state index contributed by atoms with van der Waals surface area (Å²) in [5, 5.41) is 1.05. The van der Waals surface area contributed by atoms with Gasteiger partial charge in [0.25, 0.3) is 0 Å². The fraction of sp³-hybridized carbons (Fsp3) is 0.167. The molecule has 0 saturated carbocycles. The topological polar surface area (TPSA) is 74.6 Å². The number of rotatable bonds is 4. The van der Waals surface area contributed by atoms with Crippen molar-refractivity contribution in [2.24, 2.45) is 0 Å². The number of methoxy groups -OCH3 is 1. The van der Waals surface area contributed by atoms with Gasteiger partial charge in [-0.2, -0.15) is 0 Å². The Hall–Kier alpha value is -3.15. The maximum atomic E-state index is 12.6. The number of benzene rings is 2. The first-order valence-electron chi connectivity index (χ1n) is 7.34. The van der Waals surface area contributed by atoms with E-state index >= 15 is 0 Å². The van der Waals surface area contributed by atoms with E-state index in [2.05, 4.69) is 4.74 Å². The molecule has 6 nitrogen and oxygen atoms in total. The summed E-state index contributed by atoms with van der Waals surface area (Å²) in [5.41, 5.74) is 1.19. The lowest BCUT2D eigenvalue weighted by Gasteiger charge is -2.14. The van der Waals surface area contributed by atoms with Gasteiger partial charge in [-0.05, 0) is 24.3 Å². The average molecular weight is 325 g/mol. The number of carbonyl (C=O) groups is 2. The number of fused-ring (bicyclic) bond motifs is 2. The Kier molecular flexibility index (Phi) is 4.29. The van der Waals surface area contributed by atoms with E-state index in [0.717, 1.165) is 0 Å². The molecule has 122 valence electrons. The second-order valence-electron chi connectivity index (χ2n) is 5.19. The average Bonchev–Trinajstić information content (AvgIpc) is 2.63. The zero-order valence-corrected chi connectivity index (χ0v) is 13.0. The van der Waals surface area contributed by atoms with Gasteiger partial charge in [-0.1, -0.05) is 24.3 Å². The van der Waals surface area contributed by atoms with Gasteiger partial charge in [0.05, 0.1) is 18.1 Å². The second kappa shape index (κ2) is 6.54. The predicted octanol–water partition coefficient (Wildman–Crippen LogP) is 1.87. The highest BCUT2D eigenvalue weighted by Crippen LogP contribution is 2.19. The van der Waals surface area contributed by atoms with Crippen molar-refractivity contribution in [1.82, 2.24) is 4.57 Å². The first-order valence-corrected chi connectivity index (χ1v) is 7.34. The van der Waals surface area contributed by atoms with Crippen LogP contribution in [0.4, 0.5) is 0 Å². The Morgan fingerprint density at radius 3 is 2.00 bits per heavy atom. The van der Waals surface area contributed by atoms with Crippen molar-refractivity contribution in [3.8, 4) is 0 Å². The van der Waals surface area contributed by atoms with E-state index in [1.54, 1.807) is 53.1 Å². The Balaban J connectivity index is 2.08. The van der Waals surface area contributed by atoms with E-state index in [9.17, 15) is 14.4 Å². The minimum atomic E-state index is -0.627. The van der Waals surface area contributed by atoms with Crippen LogP contribution in [0.15, 0.2) is 53.3 Å². The number of aromatic nitrogens is 1. The van der Waals surface area contributed by atoms with Crippen molar-refractivity contribution in [2.45, 2.75) is 6.54 Å². The summed E-state index contributed by atoms with van der Waals surface area (Å²) >= 11 is 0. The highest BCUT2D eigenvalue weighted by molar-refractivity contribution is 5.94. The van der Waals surface area contributed by atoms with Gasteiger partial charge in [0.1, 0.15) is 6.54 Å². The highest BCUT2D eigenvalue weighted by Gasteiger charge is 2.14. The molecule has 3 aromatic rings. The lowest BCUT2D eigenvalue weighted by atomic mass is 10.1. The predicted molar refractivity (Wildman–Crippen MR) is 88.7 cm³/mol. The van der Waals surface area contributed by atoms with Crippen molar-refractivity contribution >= 4 is 33.7 Å². The standard InChI is InChI=1S/C18H15NO5/c1-23-17(21)11-24-16(20)10-19-14-8-4-2-6-12(14)18(22)13-7-3-5-9-15(13)19/h2-9H,10-11H2,1H3. The number of pyridine rings is 1. The molecule has 0 bridgehead atoms. The maximum Gasteiger partial charge on any atom is 0.344 e. The summed E-state index contributed by atoms with van der Waals surface area (Å²) in [5.74, 6) is -1.21. The van der Waals surface area contributed by atoms with Crippen molar-refractivity contribution in [1.29, 1.82) is 0 Å². The van der Waals surface area contributed by atoms with Gasteiger partial charge < -0.3 is 14.0 Å². The Morgan fingerprint density at radius 2 is 1.46 bits per heavy atom. The summed E-state index contributed by atoms with van der Waals surface area (Å²) in [6.07, 6.45) is 0. The number of hydrogen-bond acceptors (Lipinski definition) is 5. The van der Waals surface area contributed by atoms with Crippen LogP contribution in [0.2, 0.25) is 0 Å². The molecule has 0 aliphatic heterocycles. The normalized spacial score (nSPS) is 10.7. The molecule has 0 atom stereocenters. The summed E-state index contributed by atoms with van der Waals surface area (Å²) in [4.78, 5) is 35.8. The highest BCUT2D eigenvalue weighted by atomic mass is 16.6. The molecule has 0 radical (unpaired) electrons. The maximum absolute atomic E-state index is 12.6. The third-order valence-corrected chi connectivity index (χ3v) is 3.74. The van der Waals surface area contributed by atoms with Crippen LogP contribution in [-0.4, -0.2) is 30.2 Å². The number of hydrogen-bond donors (Lipinski definition) is 0. The molecular weight excluding hydrogens is 310 g/mol. The molecule has 6 heteroatoms. The molecule has 0 aliphatic rings. The van der Waals surface area contributed by atoms with Gasteiger partial charge in [0.15, 0.2) is 12.0 Å². The van der Waals surface area contributed by atoms with Crippen molar-refractivity contribution in [3.63, 3.8) is 0 Å².